The first kappa shape index (κ1) is 23.0. The molecule has 2 aromatic rings. The highest BCUT2D eigenvalue weighted by molar-refractivity contribution is 6.02. The van der Waals surface area contributed by atoms with Crippen molar-refractivity contribution >= 4 is 22.6 Å². The molecule has 2 unspecified atom stereocenters. The normalized spacial score (nSPS) is 17.3. The standard InChI is InChI=1S/C24H32N2O5/c1-3-30-24(28)20-10-8-17-14-18(31-13-5-7-16-6-4-12-26-15-16)9-11-19(17)21(20)22(29-2)23(25)27/h8-11,14,16,22,26H,3-7,12-13,15H2,1-2H3,(H2,25,27). The third-order valence-corrected chi connectivity index (χ3v) is 5.71. The first-order valence-corrected chi connectivity index (χ1v) is 10.9. The Morgan fingerprint density at radius 1 is 1.26 bits per heavy atom. The zero-order valence-corrected chi connectivity index (χ0v) is 18.3. The van der Waals surface area contributed by atoms with Gasteiger partial charge in [-0.3, -0.25) is 4.79 Å². The van der Waals surface area contributed by atoms with Crippen LogP contribution in [0.2, 0.25) is 0 Å². The molecular weight excluding hydrogens is 396 g/mol. The lowest BCUT2D eigenvalue weighted by atomic mass is 9.94. The van der Waals surface area contributed by atoms with Crippen molar-refractivity contribution in [1.29, 1.82) is 0 Å². The van der Waals surface area contributed by atoms with Crippen LogP contribution in [0.4, 0.5) is 0 Å². The van der Waals surface area contributed by atoms with E-state index in [4.69, 9.17) is 19.9 Å². The summed E-state index contributed by atoms with van der Waals surface area (Å²) in [6.45, 7) is 4.84. The smallest absolute Gasteiger partial charge is 0.338 e. The molecule has 1 aliphatic heterocycles. The second kappa shape index (κ2) is 11.1. The minimum atomic E-state index is -1.06. The lowest BCUT2D eigenvalue weighted by Crippen LogP contribution is -2.29. The molecule has 31 heavy (non-hydrogen) atoms. The summed E-state index contributed by atoms with van der Waals surface area (Å²) in [5.74, 6) is 0.299. The van der Waals surface area contributed by atoms with Gasteiger partial charge < -0.3 is 25.3 Å². The summed E-state index contributed by atoms with van der Waals surface area (Å²) in [6.07, 6.45) is 3.64. The topological polar surface area (TPSA) is 99.9 Å². The number of carbonyl (C=O) groups is 2. The number of methoxy groups -OCH3 is 1. The quantitative estimate of drug-likeness (QED) is 0.445. The van der Waals surface area contributed by atoms with Crippen LogP contribution in [0.15, 0.2) is 30.3 Å². The van der Waals surface area contributed by atoms with Crippen molar-refractivity contribution < 1.29 is 23.8 Å². The molecule has 0 spiro atoms. The molecule has 3 N–H and O–H groups in total. The molecule has 1 aliphatic rings. The molecule has 2 aromatic carbocycles. The van der Waals surface area contributed by atoms with Crippen LogP contribution in [0, 0.1) is 5.92 Å². The van der Waals surface area contributed by atoms with Crippen LogP contribution in [0.25, 0.3) is 10.8 Å². The van der Waals surface area contributed by atoms with Crippen LogP contribution in [0.3, 0.4) is 0 Å². The average Bonchev–Trinajstić information content (AvgIpc) is 2.77. The molecule has 0 aromatic heterocycles. The van der Waals surface area contributed by atoms with Gasteiger partial charge in [-0.1, -0.05) is 12.1 Å². The van der Waals surface area contributed by atoms with Crippen molar-refractivity contribution in [1.82, 2.24) is 5.32 Å². The number of amides is 1. The molecule has 1 amide bonds. The Kier molecular flexibility index (Phi) is 8.26. The van der Waals surface area contributed by atoms with Crippen LogP contribution >= 0.6 is 0 Å². The SMILES string of the molecule is CCOC(=O)c1ccc2cc(OCCCC3CCCNC3)ccc2c1C(OC)C(N)=O. The van der Waals surface area contributed by atoms with Gasteiger partial charge in [0.15, 0.2) is 6.10 Å². The van der Waals surface area contributed by atoms with Gasteiger partial charge in [0.1, 0.15) is 5.75 Å². The third-order valence-electron chi connectivity index (χ3n) is 5.71. The Balaban J connectivity index is 1.79. The number of ether oxygens (including phenoxy) is 3. The number of hydrogen-bond acceptors (Lipinski definition) is 6. The number of esters is 1. The van der Waals surface area contributed by atoms with E-state index in [1.165, 1.54) is 20.0 Å². The molecule has 0 aliphatic carbocycles. The molecule has 1 saturated heterocycles. The fourth-order valence-electron chi connectivity index (χ4n) is 4.20. The predicted octanol–water partition coefficient (Wildman–Crippen LogP) is 3.35. The zero-order chi connectivity index (χ0) is 22.2. The first-order valence-electron chi connectivity index (χ1n) is 10.9. The molecule has 0 saturated carbocycles. The number of nitrogens with two attached hydrogens (primary N) is 1. The number of fused-ring (bicyclic) bond motifs is 1. The molecule has 3 rings (SSSR count). The fourth-order valence-corrected chi connectivity index (χ4v) is 4.20. The van der Waals surface area contributed by atoms with E-state index >= 15 is 0 Å². The number of rotatable bonds is 10. The summed E-state index contributed by atoms with van der Waals surface area (Å²) in [7, 11) is 1.39. The maximum atomic E-state index is 12.5. The number of hydrogen-bond donors (Lipinski definition) is 2. The molecule has 2 atom stereocenters. The van der Waals surface area contributed by atoms with E-state index in [1.54, 1.807) is 13.0 Å². The number of benzene rings is 2. The van der Waals surface area contributed by atoms with Crippen molar-refractivity contribution in [3.63, 3.8) is 0 Å². The van der Waals surface area contributed by atoms with Crippen LogP contribution in [0.1, 0.15) is 54.6 Å². The minimum Gasteiger partial charge on any atom is -0.494 e. The van der Waals surface area contributed by atoms with Crippen molar-refractivity contribution in [2.75, 3.05) is 33.4 Å². The van der Waals surface area contributed by atoms with E-state index in [9.17, 15) is 9.59 Å². The third kappa shape index (κ3) is 5.74. The summed E-state index contributed by atoms with van der Waals surface area (Å²) in [5.41, 5.74) is 6.23. The van der Waals surface area contributed by atoms with E-state index < -0.39 is 18.0 Å². The Hall–Kier alpha value is -2.64. The highest BCUT2D eigenvalue weighted by Crippen LogP contribution is 2.32. The molecule has 0 radical (unpaired) electrons. The van der Waals surface area contributed by atoms with Gasteiger partial charge in [0.2, 0.25) is 0 Å². The van der Waals surface area contributed by atoms with Gasteiger partial charge in [-0.2, -0.15) is 0 Å². The Morgan fingerprint density at radius 3 is 2.77 bits per heavy atom. The fraction of sp³-hybridized carbons (Fsp3) is 0.500. The lowest BCUT2D eigenvalue weighted by molar-refractivity contribution is -0.128. The maximum absolute atomic E-state index is 12.5. The largest absolute Gasteiger partial charge is 0.494 e. The van der Waals surface area contributed by atoms with Crippen LogP contribution < -0.4 is 15.8 Å². The minimum absolute atomic E-state index is 0.230. The first-order chi connectivity index (χ1) is 15.0. The van der Waals surface area contributed by atoms with Crippen molar-refractivity contribution in [2.45, 2.75) is 38.7 Å². The van der Waals surface area contributed by atoms with Gasteiger partial charge in [-0.15, -0.1) is 0 Å². The molecule has 1 heterocycles. The van der Waals surface area contributed by atoms with Crippen molar-refractivity contribution in [3.8, 4) is 5.75 Å². The van der Waals surface area contributed by atoms with E-state index in [1.807, 2.05) is 24.3 Å². The molecule has 7 nitrogen and oxygen atoms in total. The lowest BCUT2D eigenvalue weighted by Gasteiger charge is -2.22. The summed E-state index contributed by atoms with van der Waals surface area (Å²) in [6, 6.07) is 9.05. The number of carbonyl (C=O) groups excluding carboxylic acids is 2. The predicted molar refractivity (Wildman–Crippen MR) is 119 cm³/mol. The van der Waals surface area contributed by atoms with Gasteiger partial charge in [0.25, 0.3) is 5.91 Å². The second-order valence-electron chi connectivity index (χ2n) is 7.85. The van der Waals surface area contributed by atoms with Crippen molar-refractivity contribution in [2.24, 2.45) is 11.7 Å². The summed E-state index contributed by atoms with van der Waals surface area (Å²) < 4.78 is 16.4. The van der Waals surface area contributed by atoms with Crippen LogP contribution in [-0.2, 0) is 14.3 Å². The summed E-state index contributed by atoms with van der Waals surface area (Å²) >= 11 is 0. The maximum Gasteiger partial charge on any atom is 0.338 e. The molecule has 168 valence electrons. The Labute approximate surface area is 183 Å². The van der Waals surface area contributed by atoms with Gasteiger partial charge in [0.05, 0.1) is 18.8 Å². The van der Waals surface area contributed by atoms with Crippen molar-refractivity contribution in [3.05, 3.63) is 41.5 Å². The highest BCUT2D eigenvalue weighted by Gasteiger charge is 2.26. The highest BCUT2D eigenvalue weighted by atomic mass is 16.5. The van der Waals surface area contributed by atoms with Gasteiger partial charge >= 0.3 is 5.97 Å². The van der Waals surface area contributed by atoms with Gasteiger partial charge in [-0.05, 0) is 80.6 Å². The van der Waals surface area contributed by atoms with E-state index in [0.717, 1.165) is 43.0 Å². The van der Waals surface area contributed by atoms with Crippen LogP contribution in [0.5, 0.6) is 5.75 Å². The number of primary amides is 1. The Bertz CT molecular complexity index is 908. The molecule has 1 fully saturated rings. The summed E-state index contributed by atoms with van der Waals surface area (Å²) in [5, 5.41) is 4.98. The van der Waals surface area contributed by atoms with E-state index in [0.29, 0.717) is 17.6 Å². The summed E-state index contributed by atoms with van der Waals surface area (Å²) in [4.78, 5) is 24.5. The molecule has 7 heteroatoms. The van der Waals surface area contributed by atoms with Crippen LogP contribution in [-0.4, -0.2) is 45.3 Å². The average molecular weight is 429 g/mol. The monoisotopic (exact) mass is 428 g/mol. The van der Waals surface area contributed by atoms with Gasteiger partial charge in [0, 0.05) is 12.7 Å². The molecular formula is C24H32N2O5. The van der Waals surface area contributed by atoms with Gasteiger partial charge in [-0.25, -0.2) is 4.79 Å². The second-order valence-corrected chi connectivity index (χ2v) is 7.85. The van der Waals surface area contributed by atoms with E-state index in [2.05, 4.69) is 5.32 Å². The zero-order valence-electron chi connectivity index (χ0n) is 18.3. The number of piperidine rings is 1. The molecule has 0 bridgehead atoms. The van der Waals surface area contributed by atoms with E-state index in [-0.39, 0.29) is 12.2 Å². The Morgan fingerprint density at radius 2 is 2.10 bits per heavy atom. The number of nitrogens with one attached hydrogen (secondary N) is 1.